The predicted molar refractivity (Wildman–Crippen MR) is 100.0 cm³/mol. The summed E-state index contributed by atoms with van der Waals surface area (Å²) in [4.78, 5) is 25.7. The van der Waals surface area contributed by atoms with Crippen molar-refractivity contribution in [2.75, 3.05) is 0 Å². The van der Waals surface area contributed by atoms with E-state index in [9.17, 15) is 9.59 Å². The van der Waals surface area contributed by atoms with Crippen LogP contribution < -0.4 is 5.32 Å². The number of alkyl carbamates (subject to hydrolysis) is 1. The van der Waals surface area contributed by atoms with Gasteiger partial charge < -0.3 is 10.1 Å². The van der Waals surface area contributed by atoms with Gasteiger partial charge in [-0.15, -0.1) is 10.2 Å². The number of amides is 1. The van der Waals surface area contributed by atoms with Gasteiger partial charge in [0, 0.05) is 10.9 Å². The quantitative estimate of drug-likeness (QED) is 0.640. The van der Waals surface area contributed by atoms with E-state index >= 15 is 0 Å². The molecule has 3 aromatic rings. The Hall–Kier alpha value is -3.07. The van der Waals surface area contributed by atoms with E-state index in [0.29, 0.717) is 12.2 Å². The van der Waals surface area contributed by atoms with E-state index in [1.54, 1.807) is 0 Å². The molecule has 0 aliphatic heterocycles. The molecule has 0 aliphatic rings. The Morgan fingerprint density at radius 3 is 2.78 bits per heavy atom. The Morgan fingerprint density at radius 2 is 2.07 bits per heavy atom. The van der Waals surface area contributed by atoms with Crippen molar-refractivity contribution in [2.45, 2.75) is 32.5 Å². The van der Waals surface area contributed by atoms with Crippen LogP contribution in [0.25, 0.3) is 11.4 Å². The minimum Gasteiger partial charge on any atom is -0.445 e. The van der Waals surface area contributed by atoms with Crippen molar-refractivity contribution < 1.29 is 14.3 Å². The Bertz CT molecular complexity index is 880. The van der Waals surface area contributed by atoms with Crippen LogP contribution in [0.5, 0.6) is 0 Å². The van der Waals surface area contributed by atoms with Gasteiger partial charge in [0.05, 0.1) is 6.04 Å². The van der Waals surface area contributed by atoms with Gasteiger partial charge in [-0.1, -0.05) is 37.3 Å². The summed E-state index contributed by atoms with van der Waals surface area (Å²) in [6, 6.07) is 10.5. The van der Waals surface area contributed by atoms with Gasteiger partial charge in [0.1, 0.15) is 13.2 Å². The van der Waals surface area contributed by atoms with Gasteiger partial charge in [0.15, 0.2) is 5.78 Å². The minimum atomic E-state index is -0.677. The van der Waals surface area contributed by atoms with Crippen LogP contribution in [0.4, 0.5) is 4.79 Å². The highest BCUT2D eigenvalue weighted by atomic mass is 32.1. The molecule has 1 unspecified atom stereocenters. The van der Waals surface area contributed by atoms with Crippen molar-refractivity contribution in [1.82, 2.24) is 25.5 Å². The molecule has 27 heavy (non-hydrogen) atoms. The third-order valence-electron chi connectivity index (χ3n) is 3.83. The van der Waals surface area contributed by atoms with Crippen LogP contribution in [-0.2, 0) is 22.7 Å². The molecule has 9 heteroatoms. The summed E-state index contributed by atoms with van der Waals surface area (Å²) in [6.07, 6.45) is -0.199. The average Bonchev–Trinajstić information content (AvgIpc) is 3.37. The number of carbonyl (C=O) groups is 2. The minimum absolute atomic E-state index is 0.0748. The van der Waals surface area contributed by atoms with Crippen LogP contribution in [0.1, 0.15) is 18.9 Å². The predicted octanol–water partition coefficient (Wildman–Crippen LogP) is 2.68. The van der Waals surface area contributed by atoms with Crippen molar-refractivity contribution in [3.8, 4) is 11.4 Å². The van der Waals surface area contributed by atoms with Crippen LogP contribution >= 0.6 is 11.3 Å². The molecule has 8 nitrogen and oxygen atoms in total. The van der Waals surface area contributed by atoms with Crippen LogP contribution in [0.15, 0.2) is 47.2 Å². The number of tetrazole rings is 1. The van der Waals surface area contributed by atoms with E-state index < -0.39 is 12.1 Å². The molecule has 0 saturated heterocycles. The fourth-order valence-corrected chi connectivity index (χ4v) is 3.02. The summed E-state index contributed by atoms with van der Waals surface area (Å²) >= 11 is 1.53. The summed E-state index contributed by atoms with van der Waals surface area (Å²) in [5.41, 5.74) is 1.73. The number of nitrogens with one attached hydrogen (secondary N) is 1. The number of hydrogen-bond acceptors (Lipinski definition) is 7. The number of ether oxygens (including phenoxy) is 1. The number of benzene rings is 1. The van der Waals surface area contributed by atoms with Gasteiger partial charge in [-0.3, -0.25) is 4.79 Å². The first-order valence-corrected chi connectivity index (χ1v) is 9.40. The monoisotopic (exact) mass is 385 g/mol. The van der Waals surface area contributed by atoms with Crippen LogP contribution in [0.2, 0.25) is 0 Å². The van der Waals surface area contributed by atoms with E-state index in [0.717, 1.165) is 11.1 Å². The molecule has 0 radical (unpaired) electrons. The van der Waals surface area contributed by atoms with E-state index in [4.69, 9.17) is 4.74 Å². The Kier molecular flexibility index (Phi) is 6.26. The smallest absolute Gasteiger partial charge is 0.408 e. The first kappa shape index (κ1) is 18.7. The number of thiophene rings is 1. The van der Waals surface area contributed by atoms with Crippen LogP contribution in [0, 0.1) is 0 Å². The Balaban J connectivity index is 1.52. The summed E-state index contributed by atoms with van der Waals surface area (Å²) in [5.74, 6) is 0.246. The molecule has 1 N–H and O–H groups in total. The molecule has 2 aromatic heterocycles. The zero-order chi connectivity index (χ0) is 19.1. The first-order valence-electron chi connectivity index (χ1n) is 8.46. The number of nitrogens with zero attached hydrogens (tertiary/aromatic N) is 4. The highest BCUT2D eigenvalue weighted by molar-refractivity contribution is 7.08. The second-order valence-corrected chi connectivity index (χ2v) is 6.57. The summed E-state index contributed by atoms with van der Waals surface area (Å²) < 4.78 is 5.16. The molecular formula is C18H19N5O3S. The number of aromatic nitrogens is 4. The van der Waals surface area contributed by atoms with Gasteiger partial charge in [0.2, 0.25) is 5.82 Å². The third kappa shape index (κ3) is 5.20. The fraction of sp³-hybridized carbons (Fsp3) is 0.278. The Morgan fingerprint density at radius 1 is 1.26 bits per heavy atom. The largest absolute Gasteiger partial charge is 0.445 e. The summed E-state index contributed by atoms with van der Waals surface area (Å²) in [7, 11) is 0. The van der Waals surface area contributed by atoms with Gasteiger partial charge in [-0.05, 0) is 28.6 Å². The highest BCUT2D eigenvalue weighted by Crippen LogP contribution is 2.16. The van der Waals surface area contributed by atoms with E-state index in [-0.39, 0.29) is 18.9 Å². The van der Waals surface area contributed by atoms with E-state index in [2.05, 4.69) is 20.7 Å². The molecule has 1 aromatic carbocycles. The zero-order valence-electron chi connectivity index (χ0n) is 14.7. The summed E-state index contributed by atoms with van der Waals surface area (Å²) in [5, 5.41) is 18.5. The molecule has 0 saturated carbocycles. The lowest BCUT2D eigenvalue weighted by molar-refractivity contribution is -0.122. The molecule has 1 amide bonds. The number of ketones is 1. The van der Waals surface area contributed by atoms with Gasteiger partial charge in [-0.25, -0.2) is 4.79 Å². The molecule has 3 rings (SSSR count). The lowest BCUT2D eigenvalue weighted by Crippen LogP contribution is -2.42. The number of hydrogen-bond donors (Lipinski definition) is 1. The topological polar surface area (TPSA) is 99.0 Å². The van der Waals surface area contributed by atoms with Gasteiger partial charge in [0.25, 0.3) is 0 Å². The van der Waals surface area contributed by atoms with Gasteiger partial charge >= 0.3 is 6.09 Å². The second-order valence-electron chi connectivity index (χ2n) is 5.79. The fourth-order valence-electron chi connectivity index (χ4n) is 2.38. The molecule has 0 bridgehead atoms. The molecule has 0 aliphatic carbocycles. The standard InChI is InChI=1S/C18H19N5O3S/c1-2-15(19-18(25)26-11-13-6-4-3-5-7-13)16(24)10-23-21-17(20-22-23)14-8-9-27-12-14/h3-9,12,15H,2,10-11H2,1H3,(H,19,25). The SMILES string of the molecule is CCC(NC(=O)OCc1ccccc1)C(=O)Cn1nnc(-c2ccsc2)n1. The van der Waals surface area contributed by atoms with Crippen LogP contribution in [-0.4, -0.2) is 38.1 Å². The van der Waals surface area contributed by atoms with E-state index in [1.165, 1.54) is 16.1 Å². The molecular weight excluding hydrogens is 366 g/mol. The maximum atomic E-state index is 12.5. The molecule has 140 valence electrons. The average molecular weight is 385 g/mol. The number of carbonyl (C=O) groups excluding carboxylic acids is 2. The molecule has 1 atom stereocenters. The highest BCUT2D eigenvalue weighted by Gasteiger charge is 2.21. The van der Waals surface area contributed by atoms with Crippen molar-refractivity contribution in [2.24, 2.45) is 0 Å². The molecule has 0 spiro atoms. The Labute approximate surface area is 160 Å². The zero-order valence-corrected chi connectivity index (χ0v) is 15.6. The van der Waals surface area contributed by atoms with Crippen molar-refractivity contribution in [3.63, 3.8) is 0 Å². The van der Waals surface area contributed by atoms with Crippen molar-refractivity contribution in [3.05, 3.63) is 52.7 Å². The normalized spacial score (nSPS) is 11.7. The first-order chi connectivity index (χ1) is 13.2. The van der Waals surface area contributed by atoms with Crippen LogP contribution in [0.3, 0.4) is 0 Å². The van der Waals surface area contributed by atoms with Crippen molar-refractivity contribution >= 4 is 23.2 Å². The maximum Gasteiger partial charge on any atom is 0.408 e. The van der Waals surface area contributed by atoms with Gasteiger partial charge in [-0.2, -0.15) is 16.1 Å². The number of Topliss-reactive ketones (excluding diaryl/α,β-unsaturated/α-hetero) is 1. The van der Waals surface area contributed by atoms with Crippen molar-refractivity contribution in [1.29, 1.82) is 0 Å². The van der Waals surface area contributed by atoms with E-state index in [1.807, 2.05) is 54.1 Å². The summed E-state index contributed by atoms with van der Waals surface area (Å²) in [6.45, 7) is 1.88. The second kappa shape index (κ2) is 9.04. The molecule has 0 fully saturated rings. The third-order valence-corrected chi connectivity index (χ3v) is 4.51. The molecule has 2 heterocycles. The lowest BCUT2D eigenvalue weighted by atomic mass is 10.1. The lowest BCUT2D eigenvalue weighted by Gasteiger charge is -2.15. The number of rotatable bonds is 8. The maximum absolute atomic E-state index is 12.5.